The number of carbonyl (C=O) groups is 2. The van der Waals surface area contributed by atoms with Crippen LogP contribution in [0.15, 0.2) is 54.6 Å². The molecule has 2 aromatic carbocycles. The fourth-order valence-electron chi connectivity index (χ4n) is 3.37. The number of hydrogen-bond donors (Lipinski definition) is 1. The third kappa shape index (κ3) is 7.00. The van der Waals surface area contributed by atoms with Gasteiger partial charge in [0.1, 0.15) is 5.75 Å². The highest BCUT2D eigenvalue weighted by Crippen LogP contribution is 2.13. The van der Waals surface area contributed by atoms with E-state index in [1.54, 1.807) is 24.3 Å². The van der Waals surface area contributed by atoms with E-state index in [1.807, 2.05) is 6.07 Å². The van der Waals surface area contributed by atoms with Crippen molar-refractivity contribution < 1.29 is 14.3 Å². The Hall–Kier alpha value is -2.70. The van der Waals surface area contributed by atoms with Crippen LogP contribution >= 0.6 is 0 Å². The molecule has 0 radical (unpaired) electrons. The van der Waals surface area contributed by atoms with Crippen LogP contribution in [0.2, 0.25) is 0 Å². The van der Waals surface area contributed by atoms with Crippen molar-refractivity contribution in [3.8, 4) is 5.75 Å². The zero-order chi connectivity index (χ0) is 20.5. The Kier molecular flexibility index (Phi) is 7.78. The lowest BCUT2D eigenvalue weighted by Gasteiger charge is -2.34. The van der Waals surface area contributed by atoms with Crippen LogP contribution in [0, 0.1) is 0 Å². The van der Waals surface area contributed by atoms with Gasteiger partial charge in [0.15, 0.2) is 12.4 Å². The summed E-state index contributed by atoms with van der Waals surface area (Å²) in [6.45, 7) is 8.00. The molecule has 1 aliphatic rings. The van der Waals surface area contributed by atoms with E-state index in [2.05, 4.69) is 39.4 Å². The first-order chi connectivity index (χ1) is 14.1. The largest absolute Gasteiger partial charge is 0.484 e. The highest BCUT2D eigenvalue weighted by atomic mass is 16.5. The number of piperazine rings is 1. The number of ether oxygens (including phenoxy) is 1. The van der Waals surface area contributed by atoms with Gasteiger partial charge in [-0.05, 0) is 24.6 Å². The van der Waals surface area contributed by atoms with Gasteiger partial charge >= 0.3 is 0 Å². The van der Waals surface area contributed by atoms with E-state index < -0.39 is 0 Å². The van der Waals surface area contributed by atoms with Crippen LogP contribution < -0.4 is 10.1 Å². The second-order valence-electron chi connectivity index (χ2n) is 7.33. The summed E-state index contributed by atoms with van der Waals surface area (Å²) >= 11 is 0. The number of nitrogens with zero attached hydrogens (tertiary/aromatic N) is 2. The van der Waals surface area contributed by atoms with E-state index in [0.29, 0.717) is 17.9 Å². The van der Waals surface area contributed by atoms with Crippen LogP contribution in [0.4, 0.5) is 0 Å². The number of rotatable bonds is 9. The van der Waals surface area contributed by atoms with E-state index in [9.17, 15) is 9.59 Å². The molecule has 3 rings (SSSR count). The van der Waals surface area contributed by atoms with Crippen LogP contribution in [-0.2, 0) is 11.3 Å². The van der Waals surface area contributed by atoms with Crippen molar-refractivity contribution >= 4 is 11.7 Å². The first-order valence-electron chi connectivity index (χ1n) is 10.1. The molecule has 1 aliphatic heterocycles. The maximum atomic E-state index is 12.0. The molecule has 0 unspecified atom stereocenters. The van der Waals surface area contributed by atoms with Crippen LogP contribution in [-0.4, -0.2) is 67.4 Å². The van der Waals surface area contributed by atoms with Crippen molar-refractivity contribution in [2.75, 3.05) is 45.9 Å². The molecule has 6 nitrogen and oxygen atoms in total. The molecule has 154 valence electrons. The fourth-order valence-corrected chi connectivity index (χ4v) is 3.37. The van der Waals surface area contributed by atoms with Crippen molar-refractivity contribution in [2.45, 2.75) is 13.5 Å². The van der Waals surface area contributed by atoms with Crippen molar-refractivity contribution in [3.05, 3.63) is 65.7 Å². The number of ketones is 1. The molecular weight excluding hydrogens is 366 g/mol. The number of carbonyl (C=O) groups excluding carboxylic acids is 2. The molecule has 1 N–H and O–H groups in total. The topological polar surface area (TPSA) is 61.9 Å². The summed E-state index contributed by atoms with van der Waals surface area (Å²) < 4.78 is 5.49. The molecule has 0 atom stereocenters. The zero-order valence-corrected chi connectivity index (χ0v) is 17.0. The van der Waals surface area contributed by atoms with Crippen LogP contribution in [0.3, 0.4) is 0 Å². The highest BCUT2D eigenvalue weighted by molar-refractivity contribution is 5.94. The average molecular weight is 396 g/mol. The lowest BCUT2D eigenvalue weighted by molar-refractivity contribution is -0.123. The third-order valence-electron chi connectivity index (χ3n) is 5.07. The maximum absolute atomic E-state index is 12.0. The first-order valence-corrected chi connectivity index (χ1v) is 10.1. The zero-order valence-electron chi connectivity index (χ0n) is 17.0. The van der Waals surface area contributed by atoms with Gasteiger partial charge in [0, 0.05) is 51.4 Å². The standard InChI is InChI=1S/C23H29N3O3/c1-19(27)21-8-5-9-22(16-21)29-18-23(28)24-10-11-25-12-14-26(15-13-25)17-20-6-3-2-4-7-20/h2-9,16H,10-15,17-18H2,1H3,(H,24,28). The molecule has 0 spiro atoms. The second-order valence-corrected chi connectivity index (χ2v) is 7.33. The average Bonchev–Trinajstić information content (AvgIpc) is 2.74. The minimum absolute atomic E-state index is 0.0243. The summed E-state index contributed by atoms with van der Waals surface area (Å²) in [6, 6.07) is 17.4. The summed E-state index contributed by atoms with van der Waals surface area (Å²) in [7, 11) is 0. The number of nitrogens with one attached hydrogen (secondary N) is 1. The van der Waals surface area contributed by atoms with Gasteiger partial charge in [-0.15, -0.1) is 0 Å². The molecule has 0 aliphatic carbocycles. The Morgan fingerprint density at radius 2 is 1.69 bits per heavy atom. The normalized spacial score (nSPS) is 15.1. The highest BCUT2D eigenvalue weighted by Gasteiger charge is 2.16. The lowest BCUT2D eigenvalue weighted by atomic mass is 10.1. The summed E-state index contributed by atoms with van der Waals surface area (Å²) in [4.78, 5) is 28.2. The smallest absolute Gasteiger partial charge is 0.257 e. The molecule has 0 saturated carbocycles. The van der Waals surface area contributed by atoms with E-state index in [-0.39, 0.29) is 18.3 Å². The van der Waals surface area contributed by atoms with Crippen molar-refractivity contribution in [1.82, 2.24) is 15.1 Å². The van der Waals surface area contributed by atoms with E-state index in [4.69, 9.17) is 4.74 Å². The molecule has 0 bridgehead atoms. The number of hydrogen-bond acceptors (Lipinski definition) is 5. The first kappa shape index (κ1) is 21.0. The summed E-state index contributed by atoms with van der Waals surface area (Å²) in [6.07, 6.45) is 0. The van der Waals surface area contributed by atoms with E-state index in [1.165, 1.54) is 12.5 Å². The Morgan fingerprint density at radius 1 is 0.966 bits per heavy atom. The Morgan fingerprint density at radius 3 is 2.41 bits per heavy atom. The molecule has 0 aromatic heterocycles. The van der Waals surface area contributed by atoms with Gasteiger partial charge in [-0.3, -0.25) is 19.4 Å². The predicted octanol–water partition coefficient (Wildman–Crippen LogP) is 2.20. The maximum Gasteiger partial charge on any atom is 0.257 e. The summed E-state index contributed by atoms with van der Waals surface area (Å²) in [5.74, 6) is 0.354. The second kappa shape index (κ2) is 10.7. The predicted molar refractivity (Wildman–Crippen MR) is 113 cm³/mol. The molecule has 6 heteroatoms. The van der Waals surface area contributed by atoms with Crippen LogP contribution in [0.1, 0.15) is 22.8 Å². The minimum atomic E-state index is -0.152. The van der Waals surface area contributed by atoms with Gasteiger partial charge in [-0.25, -0.2) is 0 Å². The summed E-state index contributed by atoms with van der Waals surface area (Å²) in [5, 5.41) is 2.90. The summed E-state index contributed by atoms with van der Waals surface area (Å²) in [5.41, 5.74) is 1.93. The van der Waals surface area contributed by atoms with Gasteiger partial charge in [0.25, 0.3) is 5.91 Å². The van der Waals surface area contributed by atoms with Gasteiger partial charge in [0.05, 0.1) is 0 Å². The van der Waals surface area contributed by atoms with Crippen molar-refractivity contribution in [1.29, 1.82) is 0 Å². The number of Topliss-reactive ketones (excluding diaryl/α,β-unsaturated/α-hetero) is 1. The Balaban J connectivity index is 1.30. The van der Waals surface area contributed by atoms with Crippen LogP contribution in [0.5, 0.6) is 5.75 Å². The number of benzene rings is 2. The van der Waals surface area contributed by atoms with Gasteiger partial charge in [0.2, 0.25) is 0 Å². The third-order valence-corrected chi connectivity index (χ3v) is 5.07. The molecular formula is C23H29N3O3. The SMILES string of the molecule is CC(=O)c1cccc(OCC(=O)NCCN2CCN(Cc3ccccc3)CC2)c1. The quantitative estimate of drug-likeness (QED) is 0.660. The molecule has 2 aromatic rings. The minimum Gasteiger partial charge on any atom is -0.484 e. The van der Waals surface area contributed by atoms with Gasteiger partial charge in [-0.2, -0.15) is 0 Å². The Labute approximate surface area is 172 Å². The molecule has 1 heterocycles. The number of amides is 1. The monoisotopic (exact) mass is 395 g/mol. The molecule has 1 saturated heterocycles. The van der Waals surface area contributed by atoms with Gasteiger partial charge < -0.3 is 10.1 Å². The fraction of sp³-hybridized carbons (Fsp3) is 0.391. The van der Waals surface area contributed by atoms with Crippen molar-refractivity contribution in [2.24, 2.45) is 0 Å². The van der Waals surface area contributed by atoms with E-state index in [0.717, 1.165) is 39.3 Å². The van der Waals surface area contributed by atoms with Crippen LogP contribution in [0.25, 0.3) is 0 Å². The van der Waals surface area contributed by atoms with Crippen molar-refractivity contribution in [3.63, 3.8) is 0 Å². The molecule has 29 heavy (non-hydrogen) atoms. The van der Waals surface area contributed by atoms with E-state index >= 15 is 0 Å². The molecule has 1 fully saturated rings. The Bertz CT molecular complexity index is 802. The van der Waals surface area contributed by atoms with Gasteiger partial charge in [-0.1, -0.05) is 42.5 Å². The lowest BCUT2D eigenvalue weighted by Crippen LogP contribution is -2.48. The molecule has 1 amide bonds.